The smallest absolute Gasteiger partial charge is 0.166 e. The van der Waals surface area contributed by atoms with Crippen molar-refractivity contribution in [3.63, 3.8) is 0 Å². The Bertz CT molecular complexity index is 163. The van der Waals surface area contributed by atoms with Gasteiger partial charge in [-0.15, -0.1) is 0 Å². The summed E-state index contributed by atoms with van der Waals surface area (Å²) in [5.74, 6) is 0. The quantitative estimate of drug-likeness (QED) is 0.548. The van der Waals surface area contributed by atoms with Crippen molar-refractivity contribution in [1.29, 1.82) is 0 Å². The summed E-state index contributed by atoms with van der Waals surface area (Å²) in [5.41, 5.74) is -0.567. The van der Waals surface area contributed by atoms with E-state index in [2.05, 4.69) is 0 Å². The highest BCUT2D eigenvalue weighted by Crippen LogP contribution is 2.24. The van der Waals surface area contributed by atoms with Crippen LogP contribution < -0.4 is 0 Å². The molecule has 0 aliphatic heterocycles. The second kappa shape index (κ2) is 4.21. The largest absolute Gasteiger partial charge is 0.412 e. The van der Waals surface area contributed by atoms with Crippen molar-refractivity contribution in [3.8, 4) is 0 Å². The molecule has 0 atom stereocenters. The third-order valence-electron chi connectivity index (χ3n) is 1.17. The second-order valence-corrected chi connectivity index (χ2v) is 2.18. The molecule has 0 fully saturated rings. The minimum absolute atomic E-state index is 0.567. The molecule has 0 bridgehead atoms. The molecule has 0 saturated carbocycles. The van der Waals surface area contributed by atoms with Crippen LogP contribution in [0, 0.1) is 0 Å². The molecule has 0 rings (SSSR count). The van der Waals surface area contributed by atoms with Gasteiger partial charge in [-0.25, -0.2) is 0 Å². The van der Waals surface area contributed by atoms with Gasteiger partial charge in [0.05, 0.1) is 0 Å². The van der Waals surface area contributed by atoms with Crippen molar-refractivity contribution >= 4 is 0 Å². The molecular formula is C8H11F3. The molecular weight excluding hydrogens is 153 g/mol. The van der Waals surface area contributed by atoms with E-state index in [1.165, 1.54) is 6.08 Å². The van der Waals surface area contributed by atoms with Crippen LogP contribution in [-0.2, 0) is 0 Å². The van der Waals surface area contributed by atoms with E-state index >= 15 is 0 Å². The molecule has 0 radical (unpaired) electrons. The minimum Gasteiger partial charge on any atom is -0.166 e. The Hall–Kier alpha value is -0.730. The lowest BCUT2D eigenvalue weighted by Gasteiger charge is -2.03. The van der Waals surface area contributed by atoms with Crippen LogP contribution in [0.25, 0.3) is 0 Å². The highest BCUT2D eigenvalue weighted by atomic mass is 19.4. The summed E-state index contributed by atoms with van der Waals surface area (Å²) in [6.45, 7) is 2.92. The van der Waals surface area contributed by atoms with E-state index < -0.39 is 11.7 Å². The first-order chi connectivity index (χ1) is 4.98. The average molecular weight is 164 g/mol. The number of allylic oxidation sites excluding steroid dienone is 4. The lowest BCUT2D eigenvalue weighted by atomic mass is 10.2. The van der Waals surface area contributed by atoms with E-state index in [9.17, 15) is 13.2 Å². The Kier molecular flexibility index (Phi) is 3.93. The second-order valence-electron chi connectivity index (χ2n) is 2.18. The van der Waals surface area contributed by atoms with E-state index in [-0.39, 0.29) is 0 Å². The Balaban J connectivity index is 4.12. The standard InChI is InChI=1S/C8H11F3/c1-3-4-5-6-7(2)8(9,10)11/h4-6H,3H2,1-2H3/b5-4-,7-6+. The van der Waals surface area contributed by atoms with Crippen LogP contribution in [0.5, 0.6) is 0 Å². The zero-order valence-electron chi connectivity index (χ0n) is 6.57. The molecule has 3 heteroatoms. The number of hydrogen-bond donors (Lipinski definition) is 0. The minimum atomic E-state index is -4.18. The molecule has 0 aliphatic carbocycles. The van der Waals surface area contributed by atoms with Gasteiger partial charge < -0.3 is 0 Å². The van der Waals surface area contributed by atoms with E-state index in [4.69, 9.17) is 0 Å². The van der Waals surface area contributed by atoms with Crippen LogP contribution in [0.15, 0.2) is 23.8 Å². The zero-order valence-corrected chi connectivity index (χ0v) is 6.57. The van der Waals surface area contributed by atoms with E-state index in [0.717, 1.165) is 19.4 Å². The Labute approximate surface area is 64.4 Å². The number of hydrogen-bond acceptors (Lipinski definition) is 0. The SMILES string of the molecule is CC/C=C\C=C(/C)C(F)(F)F. The van der Waals surface area contributed by atoms with Gasteiger partial charge in [-0.05, 0) is 13.3 Å². The first-order valence-electron chi connectivity index (χ1n) is 3.39. The van der Waals surface area contributed by atoms with Gasteiger partial charge in [0.25, 0.3) is 0 Å². The zero-order chi connectivity index (χ0) is 8.91. The molecule has 0 N–H and O–H groups in total. The van der Waals surface area contributed by atoms with Gasteiger partial charge in [0.15, 0.2) is 0 Å². The summed E-state index contributed by atoms with van der Waals surface area (Å²) in [6, 6.07) is 0. The molecule has 0 spiro atoms. The van der Waals surface area contributed by atoms with Gasteiger partial charge >= 0.3 is 6.18 Å². The summed E-state index contributed by atoms with van der Waals surface area (Å²) in [4.78, 5) is 0. The Morgan fingerprint density at radius 1 is 1.36 bits per heavy atom. The molecule has 0 aromatic heterocycles. The van der Waals surface area contributed by atoms with Crippen LogP contribution in [0.4, 0.5) is 13.2 Å². The Morgan fingerprint density at radius 2 is 1.91 bits per heavy atom. The van der Waals surface area contributed by atoms with E-state index in [1.807, 2.05) is 6.92 Å². The van der Waals surface area contributed by atoms with Crippen molar-refractivity contribution < 1.29 is 13.2 Å². The molecule has 0 amide bonds. The van der Waals surface area contributed by atoms with Crippen LogP contribution in [-0.4, -0.2) is 6.18 Å². The van der Waals surface area contributed by atoms with Gasteiger partial charge in [-0.1, -0.05) is 25.2 Å². The van der Waals surface area contributed by atoms with Gasteiger partial charge in [-0.3, -0.25) is 0 Å². The van der Waals surface area contributed by atoms with Gasteiger partial charge in [0, 0.05) is 5.57 Å². The van der Waals surface area contributed by atoms with Crippen LogP contribution in [0.1, 0.15) is 20.3 Å². The summed E-state index contributed by atoms with van der Waals surface area (Å²) in [5, 5.41) is 0. The summed E-state index contributed by atoms with van der Waals surface area (Å²) < 4.78 is 35.3. The van der Waals surface area contributed by atoms with E-state index in [1.54, 1.807) is 6.08 Å². The number of halogens is 3. The van der Waals surface area contributed by atoms with Gasteiger partial charge in [0.2, 0.25) is 0 Å². The number of alkyl halides is 3. The molecule has 11 heavy (non-hydrogen) atoms. The third kappa shape index (κ3) is 4.65. The first-order valence-corrected chi connectivity index (χ1v) is 3.39. The topological polar surface area (TPSA) is 0 Å². The predicted molar refractivity (Wildman–Crippen MR) is 39.2 cm³/mol. The van der Waals surface area contributed by atoms with Crippen molar-refractivity contribution in [1.82, 2.24) is 0 Å². The highest BCUT2D eigenvalue weighted by molar-refractivity contribution is 5.14. The predicted octanol–water partition coefficient (Wildman–Crippen LogP) is 3.46. The van der Waals surface area contributed by atoms with Crippen LogP contribution >= 0.6 is 0 Å². The van der Waals surface area contributed by atoms with Crippen molar-refractivity contribution in [2.24, 2.45) is 0 Å². The molecule has 0 nitrogen and oxygen atoms in total. The van der Waals surface area contributed by atoms with Crippen molar-refractivity contribution in [2.45, 2.75) is 26.4 Å². The lowest BCUT2D eigenvalue weighted by Crippen LogP contribution is -2.08. The molecule has 0 aliphatic rings. The maximum absolute atomic E-state index is 11.8. The lowest BCUT2D eigenvalue weighted by molar-refractivity contribution is -0.0912. The molecule has 0 aromatic rings. The maximum Gasteiger partial charge on any atom is 0.412 e. The normalized spacial score (nSPS) is 14.5. The average Bonchev–Trinajstić information content (AvgIpc) is 1.86. The summed E-state index contributed by atoms with van der Waals surface area (Å²) in [7, 11) is 0. The molecule has 0 aromatic carbocycles. The fourth-order valence-electron chi connectivity index (χ4n) is 0.443. The van der Waals surface area contributed by atoms with Crippen LogP contribution in [0.2, 0.25) is 0 Å². The summed E-state index contributed by atoms with van der Waals surface area (Å²) >= 11 is 0. The summed E-state index contributed by atoms with van der Waals surface area (Å²) in [6.07, 6.45) is 0.737. The molecule has 64 valence electrons. The van der Waals surface area contributed by atoms with E-state index in [0.29, 0.717) is 0 Å². The molecule has 0 saturated heterocycles. The Morgan fingerprint density at radius 3 is 2.27 bits per heavy atom. The highest BCUT2D eigenvalue weighted by Gasteiger charge is 2.29. The fourth-order valence-corrected chi connectivity index (χ4v) is 0.443. The van der Waals surface area contributed by atoms with Crippen molar-refractivity contribution in [3.05, 3.63) is 23.8 Å². The van der Waals surface area contributed by atoms with Gasteiger partial charge in [0.1, 0.15) is 0 Å². The fraction of sp³-hybridized carbons (Fsp3) is 0.500. The first kappa shape index (κ1) is 10.3. The third-order valence-corrected chi connectivity index (χ3v) is 1.17. The monoisotopic (exact) mass is 164 g/mol. The number of rotatable bonds is 2. The van der Waals surface area contributed by atoms with Crippen LogP contribution in [0.3, 0.4) is 0 Å². The maximum atomic E-state index is 11.8. The molecule has 0 heterocycles. The van der Waals surface area contributed by atoms with Crippen molar-refractivity contribution in [2.75, 3.05) is 0 Å². The molecule has 0 unspecified atom stereocenters. The van der Waals surface area contributed by atoms with Gasteiger partial charge in [-0.2, -0.15) is 13.2 Å².